The monoisotopic (exact) mass is 386 g/mol. The zero-order valence-electron chi connectivity index (χ0n) is 16.8. The standard InChI is InChI=1S/C25H26N2O2/c1-18-9-10-20(27-13-15-29-16-14-27)17-22(18)24(28)26-25(11-12-25)23-8-4-6-19-5-2-3-7-21(19)23/h2-10,17H,11-16H2,1H3,(H,26,28). The van der Waals surface area contributed by atoms with Gasteiger partial charge >= 0.3 is 0 Å². The molecule has 3 aromatic rings. The van der Waals surface area contributed by atoms with Gasteiger partial charge in [0.25, 0.3) is 5.91 Å². The van der Waals surface area contributed by atoms with E-state index in [1.807, 2.05) is 13.0 Å². The number of hydrogen-bond acceptors (Lipinski definition) is 3. The van der Waals surface area contributed by atoms with Gasteiger partial charge < -0.3 is 15.0 Å². The summed E-state index contributed by atoms with van der Waals surface area (Å²) in [6.45, 7) is 5.21. The molecular formula is C25H26N2O2. The van der Waals surface area contributed by atoms with Crippen LogP contribution in [0.1, 0.15) is 34.3 Å². The normalized spacial score (nSPS) is 17.9. The molecule has 1 heterocycles. The van der Waals surface area contributed by atoms with Crippen LogP contribution in [0, 0.1) is 6.92 Å². The smallest absolute Gasteiger partial charge is 0.252 e. The molecule has 29 heavy (non-hydrogen) atoms. The second-order valence-electron chi connectivity index (χ2n) is 8.16. The highest BCUT2D eigenvalue weighted by Crippen LogP contribution is 2.48. The Bertz CT molecular complexity index is 1060. The predicted octanol–water partition coefficient (Wildman–Crippen LogP) is 4.40. The molecule has 1 amide bonds. The highest BCUT2D eigenvalue weighted by Gasteiger charge is 2.46. The zero-order valence-corrected chi connectivity index (χ0v) is 16.8. The lowest BCUT2D eigenvalue weighted by Crippen LogP contribution is -2.37. The molecule has 1 aliphatic carbocycles. The predicted molar refractivity (Wildman–Crippen MR) is 117 cm³/mol. The van der Waals surface area contributed by atoms with Crippen molar-refractivity contribution in [2.24, 2.45) is 0 Å². The van der Waals surface area contributed by atoms with E-state index in [0.717, 1.165) is 56.0 Å². The Morgan fingerprint density at radius 1 is 1.00 bits per heavy atom. The molecule has 0 atom stereocenters. The summed E-state index contributed by atoms with van der Waals surface area (Å²) in [5, 5.41) is 5.83. The van der Waals surface area contributed by atoms with Crippen LogP contribution in [-0.2, 0) is 10.3 Å². The van der Waals surface area contributed by atoms with Gasteiger partial charge in [0.05, 0.1) is 18.8 Å². The molecule has 2 aliphatic rings. The molecular weight excluding hydrogens is 360 g/mol. The van der Waals surface area contributed by atoms with Crippen molar-refractivity contribution in [3.05, 3.63) is 77.4 Å². The lowest BCUT2D eigenvalue weighted by molar-refractivity contribution is 0.0930. The molecule has 148 valence electrons. The SMILES string of the molecule is Cc1ccc(N2CCOCC2)cc1C(=O)NC1(c2cccc3ccccc23)CC1. The first-order valence-corrected chi connectivity index (χ1v) is 10.4. The molecule has 4 heteroatoms. The van der Waals surface area contributed by atoms with E-state index in [-0.39, 0.29) is 11.4 Å². The quantitative estimate of drug-likeness (QED) is 0.722. The third-order valence-corrected chi connectivity index (χ3v) is 6.25. The Kier molecular flexibility index (Phi) is 4.51. The summed E-state index contributed by atoms with van der Waals surface area (Å²) in [6, 6.07) is 21.0. The van der Waals surface area contributed by atoms with E-state index in [4.69, 9.17) is 4.74 Å². The van der Waals surface area contributed by atoms with Crippen molar-refractivity contribution in [2.45, 2.75) is 25.3 Å². The maximum Gasteiger partial charge on any atom is 0.252 e. The van der Waals surface area contributed by atoms with E-state index in [2.05, 4.69) is 64.8 Å². The number of anilines is 1. The van der Waals surface area contributed by atoms with Gasteiger partial charge in [-0.15, -0.1) is 0 Å². The van der Waals surface area contributed by atoms with Crippen molar-refractivity contribution >= 4 is 22.4 Å². The number of rotatable bonds is 4. The molecule has 0 spiro atoms. The van der Waals surface area contributed by atoms with Crippen molar-refractivity contribution in [3.8, 4) is 0 Å². The second-order valence-corrected chi connectivity index (χ2v) is 8.16. The molecule has 5 rings (SSSR count). The summed E-state index contributed by atoms with van der Waals surface area (Å²) in [5.41, 5.74) is 3.85. The largest absolute Gasteiger partial charge is 0.378 e. The highest BCUT2D eigenvalue weighted by atomic mass is 16.5. The van der Waals surface area contributed by atoms with E-state index in [1.54, 1.807) is 0 Å². The molecule has 0 radical (unpaired) electrons. The minimum atomic E-state index is -0.251. The average Bonchev–Trinajstić information content (AvgIpc) is 3.54. The third-order valence-electron chi connectivity index (χ3n) is 6.25. The number of aryl methyl sites for hydroxylation is 1. The maximum absolute atomic E-state index is 13.3. The van der Waals surface area contributed by atoms with Gasteiger partial charge in [-0.3, -0.25) is 4.79 Å². The van der Waals surface area contributed by atoms with Crippen LogP contribution < -0.4 is 10.2 Å². The van der Waals surface area contributed by atoms with Crippen LogP contribution in [0.15, 0.2) is 60.7 Å². The van der Waals surface area contributed by atoms with Gasteiger partial charge in [0.1, 0.15) is 0 Å². The summed E-state index contributed by atoms with van der Waals surface area (Å²) < 4.78 is 5.46. The molecule has 3 aromatic carbocycles. The Labute approximate surface area is 171 Å². The van der Waals surface area contributed by atoms with Crippen molar-refractivity contribution in [1.82, 2.24) is 5.32 Å². The molecule has 2 fully saturated rings. The van der Waals surface area contributed by atoms with E-state index in [1.165, 1.54) is 16.3 Å². The van der Waals surface area contributed by atoms with Crippen molar-refractivity contribution in [1.29, 1.82) is 0 Å². The average molecular weight is 386 g/mol. The number of ether oxygens (including phenoxy) is 1. The number of carbonyl (C=O) groups is 1. The van der Waals surface area contributed by atoms with Crippen LogP contribution in [0.2, 0.25) is 0 Å². The van der Waals surface area contributed by atoms with Gasteiger partial charge in [-0.1, -0.05) is 48.5 Å². The van der Waals surface area contributed by atoms with Gasteiger partial charge in [-0.2, -0.15) is 0 Å². The lowest BCUT2D eigenvalue weighted by Gasteiger charge is -2.29. The fourth-order valence-corrected chi connectivity index (χ4v) is 4.39. The number of benzene rings is 3. The maximum atomic E-state index is 13.3. The van der Waals surface area contributed by atoms with Crippen molar-refractivity contribution in [3.63, 3.8) is 0 Å². The van der Waals surface area contributed by atoms with E-state index < -0.39 is 0 Å². The number of amides is 1. The van der Waals surface area contributed by atoms with Crippen LogP contribution in [0.3, 0.4) is 0 Å². The van der Waals surface area contributed by atoms with E-state index >= 15 is 0 Å². The molecule has 1 saturated carbocycles. The Balaban J connectivity index is 1.44. The Hall–Kier alpha value is -2.85. The third kappa shape index (κ3) is 3.38. The molecule has 1 saturated heterocycles. The van der Waals surface area contributed by atoms with Crippen LogP contribution >= 0.6 is 0 Å². The first kappa shape index (κ1) is 18.2. The number of hydrogen-bond donors (Lipinski definition) is 1. The van der Waals surface area contributed by atoms with E-state index in [9.17, 15) is 4.79 Å². The molecule has 0 bridgehead atoms. The Morgan fingerprint density at radius 2 is 1.76 bits per heavy atom. The summed E-state index contributed by atoms with van der Waals surface area (Å²) in [7, 11) is 0. The van der Waals surface area contributed by atoms with Crippen LogP contribution in [0.4, 0.5) is 5.69 Å². The lowest BCUT2D eigenvalue weighted by atomic mass is 9.96. The van der Waals surface area contributed by atoms with Crippen LogP contribution in [-0.4, -0.2) is 32.2 Å². The number of carbonyl (C=O) groups excluding carboxylic acids is 1. The summed E-state index contributed by atoms with van der Waals surface area (Å²) in [6.07, 6.45) is 1.96. The Morgan fingerprint density at radius 3 is 2.55 bits per heavy atom. The molecule has 1 N–H and O–H groups in total. The van der Waals surface area contributed by atoms with Crippen LogP contribution in [0.5, 0.6) is 0 Å². The first-order valence-electron chi connectivity index (χ1n) is 10.4. The molecule has 0 aromatic heterocycles. The van der Waals surface area contributed by atoms with Gasteiger partial charge in [0.2, 0.25) is 0 Å². The number of nitrogens with zero attached hydrogens (tertiary/aromatic N) is 1. The fraction of sp³-hybridized carbons (Fsp3) is 0.320. The van der Waals surface area contributed by atoms with Crippen molar-refractivity contribution < 1.29 is 9.53 Å². The fourth-order valence-electron chi connectivity index (χ4n) is 4.39. The molecule has 0 unspecified atom stereocenters. The highest BCUT2D eigenvalue weighted by molar-refractivity contribution is 5.98. The van der Waals surface area contributed by atoms with Crippen molar-refractivity contribution in [2.75, 3.05) is 31.2 Å². The minimum absolute atomic E-state index is 0.0167. The number of fused-ring (bicyclic) bond motifs is 1. The summed E-state index contributed by atoms with van der Waals surface area (Å²) >= 11 is 0. The zero-order chi connectivity index (χ0) is 19.8. The number of morpholine rings is 1. The minimum Gasteiger partial charge on any atom is -0.378 e. The summed E-state index contributed by atoms with van der Waals surface area (Å²) in [5.74, 6) is 0.0167. The molecule has 1 aliphatic heterocycles. The number of nitrogens with one attached hydrogen (secondary N) is 1. The van der Waals surface area contributed by atoms with E-state index in [0.29, 0.717) is 0 Å². The van der Waals surface area contributed by atoms with Gasteiger partial charge in [-0.25, -0.2) is 0 Å². The first-order chi connectivity index (χ1) is 14.2. The topological polar surface area (TPSA) is 41.6 Å². The van der Waals surface area contributed by atoms with Crippen LogP contribution in [0.25, 0.3) is 10.8 Å². The van der Waals surface area contributed by atoms with Gasteiger partial charge in [0.15, 0.2) is 0 Å². The van der Waals surface area contributed by atoms with Gasteiger partial charge in [-0.05, 0) is 53.8 Å². The molecule has 4 nitrogen and oxygen atoms in total. The summed E-state index contributed by atoms with van der Waals surface area (Å²) in [4.78, 5) is 15.6. The second kappa shape index (κ2) is 7.20. The van der Waals surface area contributed by atoms with Gasteiger partial charge in [0, 0.05) is 24.3 Å².